The van der Waals surface area contributed by atoms with Crippen LogP contribution < -0.4 is 9.80 Å². The number of ether oxygens (including phenoxy) is 1. The Morgan fingerprint density at radius 2 is 2.03 bits per heavy atom. The van der Waals surface area contributed by atoms with Crippen molar-refractivity contribution in [1.82, 2.24) is 15.0 Å². The lowest BCUT2D eigenvalue weighted by Gasteiger charge is -2.34. The Labute approximate surface area is 174 Å². The van der Waals surface area contributed by atoms with Crippen molar-refractivity contribution in [1.29, 1.82) is 0 Å². The molecule has 0 radical (unpaired) electrons. The number of aliphatic hydroxyl groups excluding tert-OH is 1. The molecule has 0 spiro atoms. The molecule has 1 fully saturated rings. The van der Waals surface area contributed by atoms with Gasteiger partial charge in [-0.2, -0.15) is 0 Å². The van der Waals surface area contributed by atoms with Gasteiger partial charge in [0, 0.05) is 44.1 Å². The molecule has 3 aromatic heterocycles. The maximum absolute atomic E-state index is 9.37. The number of thiophene rings is 1. The average Bonchev–Trinajstić information content (AvgIpc) is 3.34. The molecule has 5 rings (SSSR count). The molecule has 0 atom stereocenters. The minimum Gasteiger partial charge on any atom is -0.395 e. The smallest absolute Gasteiger partial charge is 0.149 e. The van der Waals surface area contributed by atoms with Crippen molar-refractivity contribution < 1.29 is 9.84 Å². The number of rotatable bonds is 4. The number of anilines is 2. The van der Waals surface area contributed by atoms with Gasteiger partial charge in [-0.3, -0.25) is 0 Å². The highest BCUT2D eigenvalue weighted by atomic mass is 32.1. The van der Waals surface area contributed by atoms with Crippen molar-refractivity contribution in [2.45, 2.75) is 45.3 Å². The number of hydrogen-bond acceptors (Lipinski definition) is 8. The fraction of sp³-hybridized carbons (Fsp3) is 0.571. The molecule has 0 aromatic carbocycles. The number of aromatic nitrogens is 3. The van der Waals surface area contributed by atoms with E-state index in [2.05, 4.69) is 28.7 Å². The van der Waals surface area contributed by atoms with Crippen molar-refractivity contribution in [3.05, 3.63) is 17.5 Å². The minimum absolute atomic E-state index is 0.0885. The molecule has 1 N–H and O–H groups in total. The second-order valence-electron chi connectivity index (χ2n) is 8.61. The van der Waals surface area contributed by atoms with Crippen molar-refractivity contribution in [2.75, 3.05) is 43.1 Å². The van der Waals surface area contributed by atoms with Gasteiger partial charge in [-0.15, -0.1) is 11.3 Å². The van der Waals surface area contributed by atoms with Crippen LogP contribution in [0.3, 0.4) is 0 Å². The summed E-state index contributed by atoms with van der Waals surface area (Å²) in [4.78, 5) is 19.7. The van der Waals surface area contributed by atoms with Crippen LogP contribution in [0, 0.1) is 0 Å². The van der Waals surface area contributed by atoms with Crippen molar-refractivity contribution in [3.63, 3.8) is 0 Å². The van der Waals surface area contributed by atoms with Crippen molar-refractivity contribution in [3.8, 4) is 0 Å². The molecule has 0 unspecified atom stereocenters. The predicted molar refractivity (Wildman–Crippen MR) is 117 cm³/mol. The first-order valence-corrected chi connectivity index (χ1v) is 11.1. The van der Waals surface area contributed by atoms with Gasteiger partial charge in [0.1, 0.15) is 22.8 Å². The topological polar surface area (TPSA) is 74.6 Å². The molecular weight excluding hydrogens is 386 g/mol. The molecule has 0 saturated carbocycles. The quantitative estimate of drug-likeness (QED) is 0.704. The molecule has 3 aromatic rings. The second-order valence-corrected chi connectivity index (χ2v) is 9.61. The molecule has 8 heteroatoms. The Bertz CT molecular complexity index is 1070. The largest absolute Gasteiger partial charge is 0.395 e. The number of aliphatic hydroxyl groups is 1. The molecular formula is C21H27N5O2S. The molecule has 29 heavy (non-hydrogen) atoms. The maximum Gasteiger partial charge on any atom is 0.149 e. The van der Waals surface area contributed by atoms with E-state index in [1.807, 2.05) is 11.9 Å². The van der Waals surface area contributed by atoms with Crippen LogP contribution in [-0.2, 0) is 17.8 Å². The third kappa shape index (κ3) is 3.14. The van der Waals surface area contributed by atoms with E-state index in [1.54, 1.807) is 17.7 Å². The Morgan fingerprint density at radius 3 is 2.79 bits per heavy atom. The van der Waals surface area contributed by atoms with Gasteiger partial charge in [-0.05, 0) is 32.3 Å². The SMILES string of the molecule is CN(CCO)c1ncnc2c1sc1nc(N3CCCC3)c3c(c12)CC(C)(C)OC3. The zero-order chi connectivity index (χ0) is 20.2. The number of pyridine rings is 1. The average molecular weight is 414 g/mol. The summed E-state index contributed by atoms with van der Waals surface area (Å²) in [5, 5.41) is 10.5. The van der Waals surface area contributed by atoms with E-state index in [0.717, 1.165) is 51.6 Å². The summed E-state index contributed by atoms with van der Waals surface area (Å²) in [7, 11) is 1.96. The summed E-state index contributed by atoms with van der Waals surface area (Å²) in [6, 6.07) is 0. The summed E-state index contributed by atoms with van der Waals surface area (Å²) >= 11 is 1.66. The lowest BCUT2D eigenvalue weighted by Crippen LogP contribution is -2.33. The predicted octanol–water partition coefficient (Wildman–Crippen LogP) is 3.12. The summed E-state index contributed by atoms with van der Waals surface area (Å²) in [6.07, 6.45) is 4.91. The molecule has 1 saturated heterocycles. The molecule has 0 amide bonds. The molecule has 5 heterocycles. The zero-order valence-corrected chi connectivity index (χ0v) is 18.1. The third-order valence-corrected chi connectivity index (χ3v) is 7.06. The molecule has 154 valence electrons. The molecule has 2 aliphatic heterocycles. The van der Waals surface area contributed by atoms with E-state index in [9.17, 15) is 5.11 Å². The highest BCUT2D eigenvalue weighted by Gasteiger charge is 2.33. The summed E-state index contributed by atoms with van der Waals surface area (Å²) in [5.41, 5.74) is 3.31. The van der Waals surface area contributed by atoms with Gasteiger partial charge in [-0.1, -0.05) is 0 Å². The molecule has 7 nitrogen and oxygen atoms in total. The van der Waals surface area contributed by atoms with Gasteiger partial charge >= 0.3 is 0 Å². The van der Waals surface area contributed by atoms with Crippen LogP contribution in [-0.4, -0.2) is 58.9 Å². The van der Waals surface area contributed by atoms with E-state index in [1.165, 1.54) is 24.0 Å². The summed E-state index contributed by atoms with van der Waals surface area (Å²) in [5.74, 6) is 1.94. The van der Waals surface area contributed by atoms with E-state index >= 15 is 0 Å². The molecule has 2 aliphatic rings. The van der Waals surface area contributed by atoms with Crippen LogP contribution in [0.2, 0.25) is 0 Å². The van der Waals surface area contributed by atoms with Crippen LogP contribution in [0.5, 0.6) is 0 Å². The van der Waals surface area contributed by atoms with Crippen molar-refractivity contribution in [2.24, 2.45) is 0 Å². The number of fused-ring (bicyclic) bond motifs is 5. The van der Waals surface area contributed by atoms with Gasteiger partial charge < -0.3 is 19.6 Å². The van der Waals surface area contributed by atoms with Gasteiger partial charge in [0.25, 0.3) is 0 Å². The first kappa shape index (κ1) is 19.0. The second kappa shape index (κ2) is 7.04. The zero-order valence-electron chi connectivity index (χ0n) is 17.2. The summed E-state index contributed by atoms with van der Waals surface area (Å²) < 4.78 is 7.23. The van der Waals surface area contributed by atoms with E-state index in [-0.39, 0.29) is 12.2 Å². The Balaban J connectivity index is 1.79. The highest BCUT2D eigenvalue weighted by molar-refractivity contribution is 7.26. The first-order valence-electron chi connectivity index (χ1n) is 10.3. The first-order chi connectivity index (χ1) is 14.0. The Morgan fingerprint density at radius 1 is 1.24 bits per heavy atom. The monoisotopic (exact) mass is 413 g/mol. The number of nitrogens with zero attached hydrogens (tertiary/aromatic N) is 5. The van der Waals surface area contributed by atoms with Gasteiger partial charge in [-0.25, -0.2) is 15.0 Å². The molecule has 0 bridgehead atoms. The summed E-state index contributed by atoms with van der Waals surface area (Å²) in [6.45, 7) is 7.64. The van der Waals surface area contributed by atoms with Crippen LogP contribution in [0.25, 0.3) is 20.4 Å². The van der Waals surface area contributed by atoms with Gasteiger partial charge in [0.15, 0.2) is 0 Å². The normalized spacial score (nSPS) is 18.6. The van der Waals surface area contributed by atoms with Crippen molar-refractivity contribution >= 4 is 43.4 Å². The van der Waals surface area contributed by atoms with E-state index in [4.69, 9.17) is 9.72 Å². The van der Waals surface area contributed by atoms with Crippen LogP contribution in [0.4, 0.5) is 11.6 Å². The van der Waals surface area contributed by atoms with Crippen LogP contribution in [0.1, 0.15) is 37.8 Å². The van der Waals surface area contributed by atoms with Gasteiger partial charge in [0.05, 0.1) is 29.0 Å². The Kier molecular flexibility index (Phi) is 4.60. The van der Waals surface area contributed by atoms with E-state index < -0.39 is 0 Å². The number of likely N-dealkylation sites (N-methyl/N-ethyl adjacent to an activating group) is 1. The van der Waals surface area contributed by atoms with E-state index in [0.29, 0.717) is 13.2 Å². The number of hydrogen-bond donors (Lipinski definition) is 1. The third-order valence-electron chi connectivity index (χ3n) is 5.99. The standard InChI is InChI=1S/C21H27N5O2S/c1-21(2)10-13-14(11-28-21)18(26-6-4-5-7-26)24-20-15(13)16-17(29-20)19(23-12-22-16)25(3)8-9-27/h12,27H,4-11H2,1-3H3. The highest BCUT2D eigenvalue weighted by Crippen LogP contribution is 2.44. The minimum atomic E-state index is -0.207. The van der Waals surface area contributed by atoms with Crippen LogP contribution in [0.15, 0.2) is 6.33 Å². The maximum atomic E-state index is 9.37. The fourth-order valence-electron chi connectivity index (χ4n) is 4.50. The Hall–Kier alpha value is -2.03. The fourth-order valence-corrected chi connectivity index (χ4v) is 5.69. The van der Waals surface area contributed by atoms with Crippen LogP contribution >= 0.6 is 11.3 Å². The van der Waals surface area contributed by atoms with Gasteiger partial charge in [0.2, 0.25) is 0 Å². The lowest BCUT2D eigenvalue weighted by atomic mass is 9.90. The molecule has 0 aliphatic carbocycles. The lowest BCUT2D eigenvalue weighted by molar-refractivity contribution is -0.0395.